The molecule has 0 saturated heterocycles. The number of nitrogens with zero attached hydrogens (tertiary/aromatic N) is 1. The van der Waals surface area contributed by atoms with Crippen LogP contribution in [0.25, 0.3) is 0 Å². The number of nitrogens with one attached hydrogen (secondary N) is 2. The van der Waals surface area contributed by atoms with E-state index in [2.05, 4.69) is 26.0 Å². The second kappa shape index (κ2) is 10.9. The molecule has 0 aliphatic heterocycles. The molecule has 13 heteroatoms. The predicted octanol–water partition coefficient (Wildman–Crippen LogP) is 3.50. The lowest BCUT2D eigenvalue weighted by Gasteiger charge is -2.20. The van der Waals surface area contributed by atoms with Crippen molar-refractivity contribution in [3.8, 4) is 0 Å². The maximum Gasteiger partial charge on any atom is 0.324 e. The van der Waals surface area contributed by atoms with Crippen molar-refractivity contribution in [1.82, 2.24) is 4.72 Å². The Morgan fingerprint density at radius 2 is 1.81 bits per heavy atom. The number of sulfonamides is 1. The Labute approximate surface area is 197 Å². The van der Waals surface area contributed by atoms with Crippen LogP contribution in [0.15, 0.2) is 51.8 Å². The number of anilines is 1. The van der Waals surface area contributed by atoms with E-state index in [1.54, 1.807) is 13.8 Å². The number of esters is 1. The van der Waals surface area contributed by atoms with Gasteiger partial charge >= 0.3 is 5.97 Å². The van der Waals surface area contributed by atoms with Gasteiger partial charge in [0.2, 0.25) is 10.0 Å². The number of rotatable bonds is 9. The van der Waals surface area contributed by atoms with Gasteiger partial charge in [0, 0.05) is 15.6 Å². The second-order valence-electron chi connectivity index (χ2n) is 6.87. The molecule has 10 nitrogen and oxygen atoms in total. The first kappa shape index (κ1) is 25.7. The highest BCUT2D eigenvalue weighted by Gasteiger charge is 2.30. The van der Waals surface area contributed by atoms with E-state index < -0.39 is 51.1 Å². The quantitative estimate of drug-likeness (QED) is 0.277. The van der Waals surface area contributed by atoms with Gasteiger partial charge in [0.15, 0.2) is 6.61 Å². The number of benzene rings is 2. The number of hydrogen-bond donors (Lipinski definition) is 2. The van der Waals surface area contributed by atoms with Gasteiger partial charge in [-0.2, -0.15) is 4.72 Å². The van der Waals surface area contributed by atoms with Gasteiger partial charge in [-0.25, -0.2) is 8.42 Å². The molecule has 1 amide bonds. The van der Waals surface area contributed by atoms with Crippen LogP contribution in [-0.4, -0.2) is 37.9 Å². The maximum atomic E-state index is 12.6. The van der Waals surface area contributed by atoms with E-state index >= 15 is 0 Å². The van der Waals surface area contributed by atoms with Crippen molar-refractivity contribution in [1.29, 1.82) is 0 Å². The van der Waals surface area contributed by atoms with Gasteiger partial charge in [0.05, 0.1) is 9.82 Å². The SMILES string of the molecule is CC(C)C(NS(=O)(=O)c1ccc(Br)cc1)C(=O)OCC(=O)Nc1ccc(Cl)cc1[N+](=O)[O-]. The van der Waals surface area contributed by atoms with Crippen LogP contribution in [0.2, 0.25) is 5.02 Å². The highest BCUT2D eigenvalue weighted by atomic mass is 79.9. The standard InChI is InChI=1S/C19H19BrClN3O7S/c1-11(2)18(23-32(29,30)14-6-3-12(20)4-7-14)19(26)31-10-17(25)22-15-8-5-13(21)9-16(15)24(27)28/h3-9,11,18,23H,10H2,1-2H3,(H,22,25). The van der Waals surface area contributed by atoms with Crippen molar-refractivity contribution in [2.45, 2.75) is 24.8 Å². The van der Waals surface area contributed by atoms with E-state index in [1.165, 1.54) is 36.4 Å². The van der Waals surface area contributed by atoms with Gasteiger partial charge in [-0.3, -0.25) is 19.7 Å². The van der Waals surface area contributed by atoms with Gasteiger partial charge in [-0.15, -0.1) is 0 Å². The molecular formula is C19H19BrClN3O7S. The van der Waals surface area contributed by atoms with Crippen molar-refractivity contribution in [3.05, 3.63) is 62.1 Å². The van der Waals surface area contributed by atoms with Crippen LogP contribution in [0.1, 0.15) is 13.8 Å². The van der Waals surface area contributed by atoms with Gasteiger partial charge in [-0.05, 0) is 42.3 Å². The first-order chi connectivity index (χ1) is 14.9. The van der Waals surface area contributed by atoms with Crippen LogP contribution in [0, 0.1) is 16.0 Å². The highest BCUT2D eigenvalue weighted by Crippen LogP contribution is 2.27. The molecule has 0 fully saturated rings. The molecule has 2 rings (SSSR count). The van der Waals surface area contributed by atoms with Crippen LogP contribution >= 0.6 is 27.5 Å². The van der Waals surface area contributed by atoms with Gasteiger partial charge in [0.1, 0.15) is 11.7 Å². The van der Waals surface area contributed by atoms with Crippen molar-refractivity contribution in [2.75, 3.05) is 11.9 Å². The third kappa shape index (κ3) is 6.99. The zero-order chi connectivity index (χ0) is 24.1. The Morgan fingerprint density at radius 1 is 1.19 bits per heavy atom. The number of carbonyl (C=O) groups excluding carboxylic acids is 2. The summed E-state index contributed by atoms with van der Waals surface area (Å²) in [4.78, 5) is 34.9. The number of nitro benzene ring substituents is 1. The van der Waals surface area contributed by atoms with Crippen LogP contribution in [0.5, 0.6) is 0 Å². The third-order valence-electron chi connectivity index (χ3n) is 4.10. The molecule has 0 radical (unpaired) electrons. The number of hydrogen-bond acceptors (Lipinski definition) is 7. The van der Waals surface area contributed by atoms with E-state index in [0.717, 1.165) is 6.07 Å². The molecule has 0 heterocycles. The molecule has 2 aromatic carbocycles. The number of nitro groups is 1. The topological polar surface area (TPSA) is 145 Å². The van der Waals surface area contributed by atoms with E-state index in [9.17, 15) is 28.1 Å². The number of carbonyl (C=O) groups is 2. The molecule has 1 atom stereocenters. The van der Waals surface area contributed by atoms with E-state index in [-0.39, 0.29) is 15.6 Å². The summed E-state index contributed by atoms with van der Waals surface area (Å²) in [5.41, 5.74) is -0.559. The second-order valence-corrected chi connectivity index (χ2v) is 9.94. The summed E-state index contributed by atoms with van der Waals surface area (Å²) >= 11 is 8.94. The van der Waals surface area contributed by atoms with Gasteiger partial charge in [-0.1, -0.05) is 41.4 Å². The average molecular weight is 549 g/mol. The fourth-order valence-electron chi connectivity index (χ4n) is 2.48. The smallest absolute Gasteiger partial charge is 0.324 e. The highest BCUT2D eigenvalue weighted by molar-refractivity contribution is 9.10. The number of halogens is 2. The summed E-state index contributed by atoms with van der Waals surface area (Å²) in [6, 6.07) is 8.19. The number of ether oxygens (including phenoxy) is 1. The van der Waals surface area contributed by atoms with E-state index in [1.807, 2.05) is 0 Å². The molecule has 1 unspecified atom stereocenters. The maximum absolute atomic E-state index is 12.6. The summed E-state index contributed by atoms with van der Waals surface area (Å²) in [6.45, 7) is 2.43. The van der Waals surface area contributed by atoms with Gasteiger partial charge < -0.3 is 10.1 Å². The minimum Gasteiger partial charge on any atom is -0.454 e. The van der Waals surface area contributed by atoms with E-state index in [0.29, 0.717) is 4.47 Å². The summed E-state index contributed by atoms with van der Waals surface area (Å²) in [5.74, 6) is -2.31. The first-order valence-corrected chi connectivity index (χ1v) is 11.7. The lowest BCUT2D eigenvalue weighted by molar-refractivity contribution is -0.383. The molecule has 0 bridgehead atoms. The first-order valence-electron chi connectivity index (χ1n) is 9.09. The lowest BCUT2D eigenvalue weighted by Crippen LogP contribution is -2.45. The van der Waals surface area contributed by atoms with Crippen molar-refractivity contribution in [2.24, 2.45) is 5.92 Å². The Hall–Kier alpha value is -2.54. The Kier molecular flexibility index (Phi) is 8.73. The number of amides is 1. The third-order valence-corrected chi connectivity index (χ3v) is 6.32. The molecule has 32 heavy (non-hydrogen) atoms. The zero-order valence-corrected chi connectivity index (χ0v) is 20.0. The minimum atomic E-state index is -4.03. The molecule has 0 saturated carbocycles. The Morgan fingerprint density at radius 3 is 2.38 bits per heavy atom. The molecule has 0 aliphatic rings. The molecule has 0 spiro atoms. The summed E-state index contributed by atoms with van der Waals surface area (Å²) in [5, 5.41) is 13.5. The average Bonchev–Trinajstić information content (AvgIpc) is 2.71. The fraction of sp³-hybridized carbons (Fsp3) is 0.263. The predicted molar refractivity (Wildman–Crippen MR) is 121 cm³/mol. The molecular weight excluding hydrogens is 530 g/mol. The van der Waals surface area contributed by atoms with Crippen molar-refractivity contribution in [3.63, 3.8) is 0 Å². The summed E-state index contributed by atoms with van der Waals surface area (Å²) in [6.07, 6.45) is 0. The molecule has 2 aromatic rings. The van der Waals surface area contributed by atoms with Gasteiger partial charge in [0.25, 0.3) is 11.6 Å². The molecule has 0 aliphatic carbocycles. The van der Waals surface area contributed by atoms with Crippen molar-refractivity contribution >= 4 is 60.8 Å². The van der Waals surface area contributed by atoms with E-state index in [4.69, 9.17) is 16.3 Å². The molecule has 172 valence electrons. The Bertz CT molecular complexity index is 1120. The largest absolute Gasteiger partial charge is 0.454 e. The summed E-state index contributed by atoms with van der Waals surface area (Å²) < 4.78 is 33.1. The van der Waals surface area contributed by atoms with Crippen molar-refractivity contribution < 1.29 is 27.7 Å². The van der Waals surface area contributed by atoms with Crippen LogP contribution in [0.4, 0.5) is 11.4 Å². The van der Waals surface area contributed by atoms with Crippen LogP contribution < -0.4 is 10.0 Å². The lowest BCUT2D eigenvalue weighted by atomic mass is 10.1. The minimum absolute atomic E-state index is 0.0491. The van der Waals surface area contributed by atoms with Crippen LogP contribution in [-0.2, 0) is 24.3 Å². The monoisotopic (exact) mass is 547 g/mol. The van der Waals surface area contributed by atoms with Crippen LogP contribution in [0.3, 0.4) is 0 Å². The zero-order valence-electron chi connectivity index (χ0n) is 16.9. The fourth-order valence-corrected chi connectivity index (χ4v) is 4.24. The normalized spacial score (nSPS) is 12.3. The summed E-state index contributed by atoms with van der Waals surface area (Å²) in [7, 11) is -4.03. The Balaban J connectivity index is 2.05. The molecule has 2 N–H and O–H groups in total. The molecule has 0 aromatic heterocycles.